The second-order valence-corrected chi connectivity index (χ2v) is 5.92. The maximum Gasteiger partial charge on any atom is 0.140 e. The summed E-state index contributed by atoms with van der Waals surface area (Å²) in [5.41, 5.74) is 6.03. The second kappa shape index (κ2) is 6.53. The van der Waals surface area contributed by atoms with Crippen LogP contribution in [0.25, 0.3) is 0 Å². The predicted octanol–water partition coefficient (Wildman–Crippen LogP) is 3.75. The average molecular weight is 271 g/mol. The van der Waals surface area contributed by atoms with Crippen molar-refractivity contribution in [2.24, 2.45) is 11.7 Å². The molecule has 0 aromatic heterocycles. The number of hydrogen-bond donors (Lipinski definition) is 1. The van der Waals surface area contributed by atoms with Crippen LogP contribution in [0.3, 0.4) is 0 Å². The highest BCUT2D eigenvalue weighted by Gasteiger charge is 2.18. The molecule has 18 heavy (non-hydrogen) atoms. The van der Waals surface area contributed by atoms with Crippen molar-refractivity contribution in [2.75, 3.05) is 12.3 Å². The minimum absolute atomic E-state index is 0.169. The van der Waals surface area contributed by atoms with E-state index in [-0.39, 0.29) is 4.90 Å². The van der Waals surface area contributed by atoms with Crippen LogP contribution in [0.2, 0.25) is 0 Å². The van der Waals surface area contributed by atoms with Crippen LogP contribution in [-0.2, 0) is 6.42 Å². The molecule has 1 aromatic carbocycles. The summed E-state index contributed by atoms with van der Waals surface area (Å²) in [4.78, 5) is 0.169. The Hall–Kier alpha value is -0.610. The van der Waals surface area contributed by atoms with Gasteiger partial charge in [-0.3, -0.25) is 0 Å². The van der Waals surface area contributed by atoms with Crippen LogP contribution in [-0.4, -0.2) is 12.3 Å². The molecule has 0 atom stereocenters. The largest absolute Gasteiger partial charge is 0.330 e. The molecule has 1 fully saturated rings. The molecule has 1 nitrogen and oxygen atoms in total. The number of nitrogens with two attached hydrogens (primary N) is 1. The summed E-state index contributed by atoms with van der Waals surface area (Å²) in [7, 11) is 0. The molecule has 0 unspecified atom stereocenters. The molecule has 0 radical (unpaired) electrons. The summed E-state index contributed by atoms with van der Waals surface area (Å²) >= 11 is 1.32. The number of halogens is 2. The molecule has 100 valence electrons. The summed E-state index contributed by atoms with van der Waals surface area (Å²) in [5.74, 6) is 0.560. The zero-order chi connectivity index (χ0) is 13.0. The molecule has 0 spiro atoms. The molecule has 0 saturated heterocycles. The molecule has 2 rings (SSSR count). The van der Waals surface area contributed by atoms with E-state index in [9.17, 15) is 8.78 Å². The minimum atomic E-state index is -0.443. The van der Waals surface area contributed by atoms with E-state index in [2.05, 4.69) is 0 Å². The fourth-order valence-corrected chi connectivity index (χ4v) is 3.57. The third kappa shape index (κ3) is 3.45. The van der Waals surface area contributed by atoms with Crippen LogP contribution in [0, 0.1) is 17.6 Å². The van der Waals surface area contributed by atoms with Crippen LogP contribution < -0.4 is 5.73 Å². The van der Waals surface area contributed by atoms with Crippen LogP contribution in [0.1, 0.15) is 31.2 Å². The summed E-state index contributed by atoms with van der Waals surface area (Å²) in [6.07, 6.45) is 5.42. The number of hydrogen-bond acceptors (Lipinski definition) is 2. The van der Waals surface area contributed by atoms with Crippen molar-refractivity contribution in [3.05, 3.63) is 29.3 Å². The first kappa shape index (κ1) is 13.8. The van der Waals surface area contributed by atoms with Gasteiger partial charge in [0.15, 0.2) is 0 Å². The molecule has 0 amide bonds. The first-order chi connectivity index (χ1) is 8.70. The van der Waals surface area contributed by atoms with Gasteiger partial charge in [-0.15, -0.1) is 11.8 Å². The summed E-state index contributed by atoms with van der Waals surface area (Å²) in [6.45, 7) is 0.410. The maximum absolute atomic E-state index is 13.8. The predicted molar refractivity (Wildman–Crippen MR) is 71.8 cm³/mol. The molecule has 2 N–H and O–H groups in total. The third-order valence-corrected chi connectivity index (χ3v) is 4.75. The monoisotopic (exact) mass is 271 g/mol. The van der Waals surface area contributed by atoms with Gasteiger partial charge >= 0.3 is 0 Å². The zero-order valence-corrected chi connectivity index (χ0v) is 11.2. The Kier molecular flexibility index (Phi) is 5.01. The molecule has 0 aliphatic heterocycles. The first-order valence-corrected chi connectivity index (χ1v) is 7.50. The average Bonchev–Trinajstić information content (AvgIpc) is 2.81. The standard InChI is InChI=1S/C14H19F2NS/c15-12-7-11(5-6-17)8-13(16)14(12)18-9-10-3-1-2-4-10/h7-8,10H,1-6,9,17H2. The van der Waals surface area contributed by atoms with E-state index in [1.807, 2.05) is 0 Å². The highest BCUT2D eigenvalue weighted by Crippen LogP contribution is 2.33. The van der Waals surface area contributed by atoms with Crippen molar-refractivity contribution >= 4 is 11.8 Å². The van der Waals surface area contributed by atoms with Gasteiger partial charge < -0.3 is 5.73 Å². The lowest BCUT2D eigenvalue weighted by Crippen LogP contribution is -2.04. The van der Waals surface area contributed by atoms with Gasteiger partial charge in [-0.2, -0.15) is 0 Å². The van der Waals surface area contributed by atoms with Crippen molar-refractivity contribution in [3.8, 4) is 0 Å². The maximum atomic E-state index is 13.8. The Morgan fingerprint density at radius 2 is 1.78 bits per heavy atom. The van der Waals surface area contributed by atoms with Gasteiger partial charge in [0.25, 0.3) is 0 Å². The minimum Gasteiger partial charge on any atom is -0.330 e. The molecule has 1 aliphatic carbocycles. The van der Waals surface area contributed by atoms with Gasteiger partial charge in [-0.05, 0) is 49.4 Å². The quantitative estimate of drug-likeness (QED) is 0.825. The lowest BCUT2D eigenvalue weighted by molar-refractivity contribution is 0.536. The molecule has 1 saturated carbocycles. The third-order valence-electron chi connectivity index (χ3n) is 3.43. The van der Waals surface area contributed by atoms with E-state index in [4.69, 9.17) is 5.73 Å². The summed E-state index contributed by atoms with van der Waals surface area (Å²) in [6, 6.07) is 2.82. The number of benzene rings is 1. The number of thioether (sulfide) groups is 1. The molecule has 1 aromatic rings. The molecule has 0 bridgehead atoms. The Morgan fingerprint density at radius 1 is 1.17 bits per heavy atom. The van der Waals surface area contributed by atoms with E-state index in [1.165, 1.54) is 49.6 Å². The van der Waals surface area contributed by atoms with Crippen molar-refractivity contribution in [3.63, 3.8) is 0 Å². The van der Waals surface area contributed by atoms with Crippen LogP contribution in [0.5, 0.6) is 0 Å². The van der Waals surface area contributed by atoms with E-state index in [0.29, 0.717) is 24.4 Å². The fourth-order valence-electron chi connectivity index (χ4n) is 2.44. The van der Waals surface area contributed by atoms with Crippen LogP contribution in [0.4, 0.5) is 8.78 Å². The van der Waals surface area contributed by atoms with Gasteiger partial charge in [0.1, 0.15) is 11.6 Å². The molecule has 0 heterocycles. The lowest BCUT2D eigenvalue weighted by atomic mass is 10.1. The zero-order valence-electron chi connectivity index (χ0n) is 10.4. The highest BCUT2D eigenvalue weighted by molar-refractivity contribution is 7.99. The van der Waals surface area contributed by atoms with Gasteiger partial charge in [0.2, 0.25) is 0 Å². The Balaban J connectivity index is 2.02. The molecule has 4 heteroatoms. The van der Waals surface area contributed by atoms with Crippen molar-refractivity contribution in [1.82, 2.24) is 0 Å². The Labute approximate surface area is 111 Å². The first-order valence-electron chi connectivity index (χ1n) is 6.51. The van der Waals surface area contributed by atoms with E-state index in [1.54, 1.807) is 0 Å². The van der Waals surface area contributed by atoms with Gasteiger partial charge in [0.05, 0.1) is 4.90 Å². The normalized spacial score (nSPS) is 16.4. The van der Waals surface area contributed by atoms with E-state index >= 15 is 0 Å². The van der Waals surface area contributed by atoms with Crippen molar-refractivity contribution < 1.29 is 8.78 Å². The Bertz CT molecular complexity index is 380. The van der Waals surface area contributed by atoms with E-state index in [0.717, 1.165) is 5.75 Å². The Morgan fingerprint density at radius 3 is 2.33 bits per heavy atom. The summed E-state index contributed by atoms with van der Waals surface area (Å²) < 4.78 is 27.6. The SMILES string of the molecule is NCCc1cc(F)c(SCC2CCCC2)c(F)c1. The molecule has 1 aliphatic rings. The van der Waals surface area contributed by atoms with E-state index < -0.39 is 11.6 Å². The van der Waals surface area contributed by atoms with Crippen molar-refractivity contribution in [1.29, 1.82) is 0 Å². The topological polar surface area (TPSA) is 26.0 Å². The van der Waals surface area contributed by atoms with Gasteiger partial charge in [-0.25, -0.2) is 8.78 Å². The van der Waals surface area contributed by atoms with Crippen LogP contribution >= 0.6 is 11.8 Å². The van der Waals surface area contributed by atoms with Crippen LogP contribution in [0.15, 0.2) is 17.0 Å². The number of rotatable bonds is 5. The smallest absolute Gasteiger partial charge is 0.140 e. The molecular weight excluding hydrogens is 252 g/mol. The second-order valence-electron chi connectivity index (χ2n) is 4.89. The lowest BCUT2D eigenvalue weighted by Gasteiger charge is -2.11. The highest BCUT2D eigenvalue weighted by atomic mass is 32.2. The van der Waals surface area contributed by atoms with Crippen molar-refractivity contribution in [2.45, 2.75) is 37.0 Å². The molecular formula is C14H19F2NS. The van der Waals surface area contributed by atoms with Gasteiger partial charge in [-0.1, -0.05) is 12.8 Å². The van der Waals surface area contributed by atoms with Gasteiger partial charge in [0, 0.05) is 5.75 Å². The fraction of sp³-hybridized carbons (Fsp3) is 0.571. The summed E-state index contributed by atoms with van der Waals surface area (Å²) in [5, 5.41) is 0.